The highest BCUT2D eigenvalue weighted by Crippen LogP contribution is 2.50. The Balaban J connectivity index is 1.61. The van der Waals surface area contributed by atoms with E-state index in [4.69, 9.17) is 18.9 Å². The van der Waals surface area contributed by atoms with Gasteiger partial charge in [-0.15, -0.1) is 0 Å². The van der Waals surface area contributed by atoms with Crippen LogP contribution in [0.2, 0.25) is 0 Å². The van der Waals surface area contributed by atoms with Gasteiger partial charge in [0.25, 0.3) is 0 Å². The van der Waals surface area contributed by atoms with Crippen LogP contribution in [0.4, 0.5) is 5.69 Å². The first-order valence-electron chi connectivity index (χ1n) is 13.7. The number of carbonyl (C=O) groups excluding carboxylic acids is 2. The molecule has 2 amide bonds. The summed E-state index contributed by atoms with van der Waals surface area (Å²) in [6.45, 7) is 1.83. The number of nitrogens with one attached hydrogen (secondary N) is 3. The number of carbonyl (C=O) groups is 2. The summed E-state index contributed by atoms with van der Waals surface area (Å²) in [5.41, 5.74) is 4.08. The maximum Gasteiger partial charge on any atom is 0.239 e. The zero-order valence-electron chi connectivity index (χ0n) is 24.6. The summed E-state index contributed by atoms with van der Waals surface area (Å²) < 4.78 is 22.2. The van der Waals surface area contributed by atoms with Crippen LogP contribution in [0, 0.1) is 0 Å². The van der Waals surface area contributed by atoms with Gasteiger partial charge in [0.15, 0.2) is 11.5 Å². The van der Waals surface area contributed by atoms with E-state index < -0.39 is 6.04 Å². The van der Waals surface area contributed by atoms with Crippen molar-refractivity contribution in [2.24, 2.45) is 0 Å². The number of aryl methyl sites for hydroxylation is 1. The van der Waals surface area contributed by atoms with Gasteiger partial charge in [0.1, 0.15) is 5.75 Å². The minimum atomic E-state index is -0.416. The molecule has 1 aliphatic rings. The van der Waals surface area contributed by atoms with Gasteiger partial charge in [-0.25, -0.2) is 0 Å². The van der Waals surface area contributed by atoms with Crippen molar-refractivity contribution >= 4 is 17.5 Å². The van der Waals surface area contributed by atoms with Crippen LogP contribution in [0.5, 0.6) is 23.0 Å². The predicted molar refractivity (Wildman–Crippen MR) is 161 cm³/mol. The van der Waals surface area contributed by atoms with Crippen LogP contribution in [0.15, 0.2) is 53.3 Å². The Bertz CT molecular complexity index is 1510. The van der Waals surface area contributed by atoms with Gasteiger partial charge < -0.3 is 34.9 Å². The maximum absolute atomic E-state index is 13.4. The van der Waals surface area contributed by atoms with Crippen LogP contribution in [0.25, 0.3) is 11.1 Å². The van der Waals surface area contributed by atoms with E-state index in [1.807, 2.05) is 36.4 Å². The van der Waals surface area contributed by atoms with E-state index in [9.17, 15) is 14.4 Å². The molecule has 10 nitrogen and oxygen atoms in total. The van der Waals surface area contributed by atoms with Gasteiger partial charge in [-0.2, -0.15) is 0 Å². The summed E-state index contributed by atoms with van der Waals surface area (Å²) in [6, 6.07) is 14.1. The number of hydrogen-bond acceptors (Lipinski definition) is 8. The fourth-order valence-electron chi connectivity index (χ4n) is 5.23. The van der Waals surface area contributed by atoms with Crippen LogP contribution in [0.1, 0.15) is 36.1 Å². The minimum absolute atomic E-state index is 0.0768. The van der Waals surface area contributed by atoms with Crippen LogP contribution in [-0.4, -0.2) is 53.3 Å². The molecule has 222 valence electrons. The highest BCUT2D eigenvalue weighted by atomic mass is 16.5. The van der Waals surface area contributed by atoms with Crippen LogP contribution >= 0.6 is 0 Å². The molecule has 0 saturated heterocycles. The van der Waals surface area contributed by atoms with Gasteiger partial charge in [0.05, 0.1) is 46.7 Å². The van der Waals surface area contributed by atoms with Crippen molar-refractivity contribution in [2.75, 3.05) is 46.8 Å². The Morgan fingerprint density at radius 1 is 0.905 bits per heavy atom. The molecular formula is C32H37N3O7. The normalized spacial score (nSPS) is 13.5. The average Bonchev–Trinajstić information content (AvgIpc) is 3.23. The molecule has 4 rings (SSSR count). The second-order valence-corrected chi connectivity index (χ2v) is 9.90. The molecule has 0 aliphatic heterocycles. The molecule has 0 unspecified atom stereocenters. The molecule has 1 aliphatic carbocycles. The van der Waals surface area contributed by atoms with E-state index >= 15 is 0 Å². The largest absolute Gasteiger partial charge is 0.497 e. The molecule has 0 radical (unpaired) electrons. The lowest BCUT2D eigenvalue weighted by Crippen LogP contribution is -2.32. The molecule has 0 aromatic heterocycles. The molecule has 42 heavy (non-hydrogen) atoms. The lowest BCUT2D eigenvalue weighted by atomic mass is 9.95. The number of hydrogen-bond donors (Lipinski definition) is 3. The van der Waals surface area contributed by atoms with E-state index in [-0.39, 0.29) is 29.5 Å². The average molecular weight is 576 g/mol. The number of methoxy groups -OCH3 is 4. The summed E-state index contributed by atoms with van der Waals surface area (Å²) in [6.07, 6.45) is 1.82. The standard InChI is InChI=1S/C32H37N3O7/c1-19(36)35-25-12-8-21-16-28(40-3)31(41-4)32(42-5)30(21)23-11-13-26(27(37)17-24(23)25)34-18-29(38)33-15-14-20-6-9-22(39-2)10-7-20/h6-7,9-11,13,16-17,25H,8,12,14-15,18H2,1-5H3,(H,33,38)(H,34,37)(H,35,36)/t25-/m0/s1. The van der Waals surface area contributed by atoms with Gasteiger partial charge in [-0.3, -0.25) is 14.4 Å². The SMILES string of the molecule is COc1ccc(CCNC(=O)CNc2ccc3c(cc2=O)[C@@H](NC(C)=O)CCc2cc(OC)c(OC)c(OC)c2-3)cc1. The van der Waals surface area contributed by atoms with Gasteiger partial charge in [-0.1, -0.05) is 18.2 Å². The number of benzene rings is 2. The number of rotatable bonds is 11. The van der Waals surface area contributed by atoms with E-state index in [1.54, 1.807) is 27.4 Å². The smallest absolute Gasteiger partial charge is 0.239 e. The van der Waals surface area contributed by atoms with Crippen molar-refractivity contribution in [1.82, 2.24) is 10.6 Å². The second-order valence-electron chi connectivity index (χ2n) is 9.90. The monoisotopic (exact) mass is 575 g/mol. The topological polar surface area (TPSA) is 124 Å². The Labute approximate surface area is 245 Å². The zero-order chi connectivity index (χ0) is 30.2. The van der Waals surface area contributed by atoms with Crippen LogP contribution in [0.3, 0.4) is 0 Å². The lowest BCUT2D eigenvalue weighted by Gasteiger charge is -2.19. The van der Waals surface area contributed by atoms with Crippen molar-refractivity contribution in [3.8, 4) is 34.1 Å². The Morgan fingerprint density at radius 2 is 1.64 bits per heavy atom. The molecule has 1 atom stereocenters. The van der Waals surface area contributed by atoms with E-state index in [0.717, 1.165) is 22.4 Å². The molecule has 0 fully saturated rings. The summed E-state index contributed by atoms with van der Waals surface area (Å²) in [4.78, 5) is 38.1. The molecule has 0 saturated carbocycles. The van der Waals surface area contributed by atoms with Crippen molar-refractivity contribution in [3.05, 3.63) is 75.4 Å². The fourth-order valence-corrected chi connectivity index (χ4v) is 5.23. The molecule has 10 heteroatoms. The quantitative estimate of drug-likeness (QED) is 0.317. The molecule has 3 N–H and O–H groups in total. The third kappa shape index (κ3) is 6.76. The number of amides is 2. The maximum atomic E-state index is 13.4. The second kappa shape index (κ2) is 13.8. The van der Waals surface area contributed by atoms with Gasteiger partial charge >= 0.3 is 0 Å². The highest BCUT2D eigenvalue weighted by Gasteiger charge is 2.29. The van der Waals surface area contributed by atoms with Gasteiger partial charge in [0, 0.05) is 19.0 Å². The zero-order valence-corrected chi connectivity index (χ0v) is 24.6. The van der Waals surface area contributed by atoms with Crippen molar-refractivity contribution in [1.29, 1.82) is 0 Å². The number of ether oxygens (including phenoxy) is 4. The Kier molecular flexibility index (Phi) is 9.90. The molecular weight excluding hydrogens is 538 g/mol. The number of anilines is 1. The molecule has 0 bridgehead atoms. The van der Waals surface area contributed by atoms with Crippen molar-refractivity contribution in [3.63, 3.8) is 0 Å². The summed E-state index contributed by atoms with van der Waals surface area (Å²) >= 11 is 0. The van der Waals surface area contributed by atoms with Crippen LogP contribution < -0.4 is 40.3 Å². The van der Waals surface area contributed by atoms with E-state index in [1.165, 1.54) is 20.1 Å². The Hall–Kier alpha value is -4.73. The molecule has 3 aromatic carbocycles. The third-order valence-corrected chi connectivity index (χ3v) is 7.25. The highest BCUT2D eigenvalue weighted by molar-refractivity contribution is 5.84. The first-order chi connectivity index (χ1) is 20.3. The minimum Gasteiger partial charge on any atom is -0.497 e. The molecule has 0 heterocycles. The van der Waals surface area contributed by atoms with E-state index in [2.05, 4.69) is 16.0 Å². The van der Waals surface area contributed by atoms with E-state index in [0.29, 0.717) is 54.2 Å². The van der Waals surface area contributed by atoms with Gasteiger partial charge in [-0.05, 0) is 71.8 Å². The van der Waals surface area contributed by atoms with Gasteiger partial charge in [0.2, 0.25) is 23.0 Å². The van der Waals surface area contributed by atoms with Crippen LogP contribution in [-0.2, 0) is 22.4 Å². The van der Waals surface area contributed by atoms with Crippen molar-refractivity contribution < 1.29 is 28.5 Å². The summed E-state index contributed by atoms with van der Waals surface area (Å²) in [5.74, 6) is 1.76. The Morgan fingerprint density at radius 3 is 2.29 bits per heavy atom. The fraction of sp³-hybridized carbons (Fsp3) is 0.344. The number of fused-ring (bicyclic) bond motifs is 3. The first kappa shape index (κ1) is 30.2. The summed E-state index contributed by atoms with van der Waals surface area (Å²) in [5, 5.41) is 8.84. The third-order valence-electron chi connectivity index (χ3n) is 7.25. The van der Waals surface area contributed by atoms with Crippen molar-refractivity contribution in [2.45, 2.75) is 32.2 Å². The molecule has 3 aromatic rings. The molecule has 0 spiro atoms. The predicted octanol–water partition coefficient (Wildman–Crippen LogP) is 3.64. The summed E-state index contributed by atoms with van der Waals surface area (Å²) in [7, 11) is 6.26. The lowest BCUT2D eigenvalue weighted by molar-refractivity contribution is -0.120. The first-order valence-corrected chi connectivity index (χ1v) is 13.7.